The van der Waals surface area contributed by atoms with Crippen LogP contribution in [0.3, 0.4) is 0 Å². The summed E-state index contributed by atoms with van der Waals surface area (Å²) in [5.41, 5.74) is 0. The molecule has 5 heteroatoms. The Bertz CT molecular complexity index is 261. The van der Waals surface area contributed by atoms with Crippen molar-refractivity contribution >= 4 is 10.0 Å². The average Bonchev–Trinajstić information content (AvgIpc) is 2.04. The van der Waals surface area contributed by atoms with E-state index in [0.717, 1.165) is 6.54 Å². The van der Waals surface area contributed by atoms with Crippen molar-refractivity contribution in [3.8, 4) is 0 Å². The number of nitrogens with one attached hydrogen (secondary N) is 1. The molecule has 0 aromatic rings. The maximum Gasteiger partial charge on any atom is 0.216 e. The summed E-state index contributed by atoms with van der Waals surface area (Å²) in [5, 5.41) is 2.91. The Balaban J connectivity index is 2.71. The van der Waals surface area contributed by atoms with Gasteiger partial charge in [-0.2, -0.15) is 4.31 Å². The third-order valence-corrected chi connectivity index (χ3v) is 4.53. The van der Waals surface area contributed by atoms with E-state index in [1.165, 1.54) is 0 Å². The molecule has 0 saturated carbocycles. The Labute approximate surface area is 80.4 Å². The minimum atomic E-state index is -3.04. The zero-order chi connectivity index (χ0) is 10.1. The highest BCUT2D eigenvalue weighted by molar-refractivity contribution is 7.89. The molecule has 0 aromatic heterocycles. The maximum atomic E-state index is 11.7. The molecule has 1 saturated heterocycles. The second-order valence-electron chi connectivity index (χ2n) is 3.81. The summed E-state index contributed by atoms with van der Waals surface area (Å²) in [7, 11) is -3.04. The second-order valence-corrected chi connectivity index (χ2v) is 6.30. The molecule has 1 aliphatic heterocycles. The first-order valence-electron chi connectivity index (χ1n) is 4.67. The Morgan fingerprint density at radius 2 is 2.08 bits per heavy atom. The van der Waals surface area contributed by atoms with Gasteiger partial charge in [-0.25, -0.2) is 8.42 Å². The fourth-order valence-corrected chi connectivity index (χ4v) is 2.80. The van der Waals surface area contributed by atoms with E-state index in [2.05, 4.69) is 5.32 Å². The van der Waals surface area contributed by atoms with Crippen molar-refractivity contribution in [1.82, 2.24) is 9.62 Å². The third-order valence-electron chi connectivity index (χ3n) is 2.29. The van der Waals surface area contributed by atoms with E-state index in [-0.39, 0.29) is 11.3 Å². The normalized spacial score (nSPS) is 26.6. The van der Waals surface area contributed by atoms with E-state index in [1.807, 2.05) is 6.92 Å². The van der Waals surface area contributed by atoms with E-state index < -0.39 is 10.0 Å². The molecule has 1 rings (SSSR count). The van der Waals surface area contributed by atoms with E-state index in [4.69, 9.17) is 0 Å². The molecule has 0 aliphatic carbocycles. The van der Waals surface area contributed by atoms with Crippen LogP contribution in [0.1, 0.15) is 20.8 Å². The molecular formula is C8H18N2O2S. The smallest absolute Gasteiger partial charge is 0.216 e. The fraction of sp³-hybridized carbons (Fsp3) is 1.00. The van der Waals surface area contributed by atoms with Gasteiger partial charge >= 0.3 is 0 Å². The van der Waals surface area contributed by atoms with Gasteiger partial charge in [-0.05, 0) is 20.8 Å². The standard InChI is InChI=1S/C8H18N2O2S/c1-7(2)13(11,12)10-5-4-9-8(3)6-10/h7-9H,4-6H2,1-3H3. The van der Waals surface area contributed by atoms with E-state index in [1.54, 1.807) is 18.2 Å². The number of hydrogen-bond acceptors (Lipinski definition) is 3. The molecule has 1 fully saturated rings. The molecule has 4 nitrogen and oxygen atoms in total. The predicted octanol–water partition coefficient (Wildman–Crippen LogP) is 0.0183. The van der Waals surface area contributed by atoms with Crippen LogP contribution in [-0.2, 0) is 10.0 Å². The Morgan fingerprint density at radius 3 is 2.54 bits per heavy atom. The van der Waals surface area contributed by atoms with Crippen molar-refractivity contribution in [2.75, 3.05) is 19.6 Å². The van der Waals surface area contributed by atoms with Crippen LogP contribution in [0.5, 0.6) is 0 Å². The van der Waals surface area contributed by atoms with Crippen molar-refractivity contribution in [3.63, 3.8) is 0 Å². The molecule has 1 heterocycles. The monoisotopic (exact) mass is 206 g/mol. The number of sulfonamides is 1. The van der Waals surface area contributed by atoms with Crippen LogP contribution in [-0.4, -0.2) is 43.6 Å². The summed E-state index contributed by atoms with van der Waals surface area (Å²) >= 11 is 0. The molecule has 1 atom stereocenters. The molecule has 0 bridgehead atoms. The molecule has 0 aromatic carbocycles. The highest BCUT2D eigenvalue weighted by atomic mass is 32.2. The zero-order valence-electron chi connectivity index (χ0n) is 8.45. The van der Waals surface area contributed by atoms with Crippen LogP contribution < -0.4 is 5.32 Å². The lowest BCUT2D eigenvalue weighted by atomic mass is 10.3. The summed E-state index contributed by atoms with van der Waals surface area (Å²) in [4.78, 5) is 0. The minimum absolute atomic E-state index is 0.266. The summed E-state index contributed by atoms with van der Waals surface area (Å²) in [5.74, 6) is 0. The molecule has 13 heavy (non-hydrogen) atoms. The minimum Gasteiger partial charge on any atom is -0.312 e. The van der Waals surface area contributed by atoms with Gasteiger partial charge in [0.15, 0.2) is 0 Å². The Hall–Kier alpha value is -0.130. The summed E-state index contributed by atoms with van der Waals surface area (Å²) in [6.07, 6.45) is 0. The highest BCUT2D eigenvalue weighted by Gasteiger charge is 2.28. The van der Waals surface area contributed by atoms with Gasteiger partial charge < -0.3 is 5.32 Å². The molecule has 0 radical (unpaired) electrons. The number of piperazine rings is 1. The zero-order valence-corrected chi connectivity index (χ0v) is 9.26. The predicted molar refractivity (Wildman–Crippen MR) is 53.1 cm³/mol. The average molecular weight is 206 g/mol. The Morgan fingerprint density at radius 1 is 1.46 bits per heavy atom. The highest BCUT2D eigenvalue weighted by Crippen LogP contribution is 2.10. The van der Waals surface area contributed by atoms with Gasteiger partial charge in [0.05, 0.1) is 5.25 Å². The summed E-state index contributed by atoms with van der Waals surface area (Å²) in [6.45, 7) is 7.41. The number of hydrogen-bond donors (Lipinski definition) is 1. The van der Waals surface area contributed by atoms with Gasteiger partial charge in [0.2, 0.25) is 10.0 Å². The lowest BCUT2D eigenvalue weighted by Crippen LogP contribution is -2.52. The van der Waals surface area contributed by atoms with Gasteiger partial charge in [0, 0.05) is 25.7 Å². The van der Waals surface area contributed by atoms with Gasteiger partial charge in [0.1, 0.15) is 0 Å². The first-order valence-corrected chi connectivity index (χ1v) is 6.17. The molecule has 1 aliphatic rings. The first-order chi connectivity index (χ1) is 5.94. The van der Waals surface area contributed by atoms with Crippen molar-refractivity contribution in [3.05, 3.63) is 0 Å². The van der Waals surface area contributed by atoms with Gasteiger partial charge in [-0.3, -0.25) is 0 Å². The fourth-order valence-electron chi connectivity index (χ4n) is 1.43. The maximum absolute atomic E-state index is 11.7. The summed E-state index contributed by atoms with van der Waals surface area (Å²) < 4.78 is 25.0. The number of rotatable bonds is 2. The molecule has 78 valence electrons. The second kappa shape index (κ2) is 3.94. The van der Waals surface area contributed by atoms with E-state index in [9.17, 15) is 8.42 Å². The molecular weight excluding hydrogens is 188 g/mol. The van der Waals surface area contributed by atoms with Crippen molar-refractivity contribution in [2.45, 2.75) is 32.1 Å². The van der Waals surface area contributed by atoms with Crippen LogP contribution in [0.15, 0.2) is 0 Å². The molecule has 1 unspecified atom stereocenters. The number of nitrogens with zero attached hydrogens (tertiary/aromatic N) is 1. The third kappa shape index (κ3) is 2.42. The van der Waals surface area contributed by atoms with Gasteiger partial charge in [-0.1, -0.05) is 0 Å². The SMILES string of the molecule is CC1CN(S(=O)(=O)C(C)C)CCN1. The van der Waals surface area contributed by atoms with Gasteiger partial charge in [0.25, 0.3) is 0 Å². The topological polar surface area (TPSA) is 49.4 Å². The van der Waals surface area contributed by atoms with Crippen molar-refractivity contribution in [2.24, 2.45) is 0 Å². The lowest BCUT2D eigenvalue weighted by Gasteiger charge is -2.32. The Kier molecular flexibility index (Phi) is 3.32. The quantitative estimate of drug-likeness (QED) is 0.693. The van der Waals surface area contributed by atoms with E-state index >= 15 is 0 Å². The van der Waals surface area contributed by atoms with E-state index in [0.29, 0.717) is 13.1 Å². The van der Waals surface area contributed by atoms with Crippen LogP contribution in [0.2, 0.25) is 0 Å². The van der Waals surface area contributed by atoms with Crippen LogP contribution in [0.4, 0.5) is 0 Å². The lowest BCUT2D eigenvalue weighted by molar-refractivity contribution is 0.308. The largest absolute Gasteiger partial charge is 0.312 e. The van der Waals surface area contributed by atoms with Crippen molar-refractivity contribution < 1.29 is 8.42 Å². The molecule has 0 spiro atoms. The van der Waals surface area contributed by atoms with Crippen LogP contribution in [0, 0.1) is 0 Å². The first kappa shape index (κ1) is 10.9. The van der Waals surface area contributed by atoms with Crippen LogP contribution >= 0.6 is 0 Å². The van der Waals surface area contributed by atoms with Crippen LogP contribution in [0.25, 0.3) is 0 Å². The molecule has 1 N–H and O–H groups in total. The molecule has 0 amide bonds. The summed E-state index contributed by atoms with van der Waals surface area (Å²) in [6, 6.07) is 0.266. The van der Waals surface area contributed by atoms with Gasteiger partial charge in [-0.15, -0.1) is 0 Å². The van der Waals surface area contributed by atoms with Crippen molar-refractivity contribution in [1.29, 1.82) is 0 Å².